The van der Waals surface area contributed by atoms with E-state index in [0.29, 0.717) is 22.8 Å². The summed E-state index contributed by atoms with van der Waals surface area (Å²) in [7, 11) is -2.70. The normalized spacial score (nSPS) is 34.8. The molecule has 0 radical (unpaired) electrons. The highest BCUT2D eigenvalue weighted by molar-refractivity contribution is 9.09. The van der Waals surface area contributed by atoms with Crippen molar-refractivity contribution >= 4 is 25.8 Å². The Bertz CT molecular complexity index is 304. The minimum Gasteiger partial charge on any atom is -0.229 e. The first-order valence-corrected chi connectivity index (χ1v) is 8.29. The van der Waals surface area contributed by atoms with E-state index in [-0.39, 0.29) is 0 Å². The van der Waals surface area contributed by atoms with Crippen LogP contribution >= 0.6 is 15.9 Å². The van der Waals surface area contributed by atoms with Gasteiger partial charge >= 0.3 is 0 Å². The highest BCUT2D eigenvalue weighted by Crippen LogP contribution is 2.49. The average Bonchev–Trinajstić information content (AvgIpc) is 2.72. The van der Waals surface area contributed by atoms with Gasteiger partial charge in [0.05, 0.1) is 11.5 Å². The molecule has 0 aromatic heterocycles. The third kappa shape index (κ3) is 1.87. The molecule has 2 nitrogen and oxygen atoms in total. The summed E-state index contributed by atoms with van der Waals surface area (Å²) in [5.74, 6) is 1.29. The smallest absolute Gasteiger partial charge is 0.150 e. The molecule has 0 spiro atoms. The first-order valence-electron chi connectivity index (χ1n) is 5.34. The van der Waals surface area contributed by atoms with Crippen molar-refractivity contribution in [3.05, 3.63) is 0 Å². The quantitative estimate of drug-likeness (QED) is 0.728. The lowest BCUT2D eigenvalue weighted by atomic mass is 9.75. The fraction of sp³-hybridized carbons (Fsp3) is 1.00. The maximum absolute atomic E-state index is 11.4. The van der Waals surface area contributed by atoms with Gasteiger partial charge in [-0.3, -0.25) is 0 Å². The third-order valence-corrected chi connectivity index (χ3v) is 6.85. The number of hydrogen-bond acceptors (Lipinski definition) is 2. The molecule has 1 unspecified atom stereocenters. The zero-order valence-corrected chi connectivity index (χ0v) is 10.7. The second-order valence-corrected chi connectivity index (χ2v) is 7.59. The zero-order chi connectivity index (χ0) is 10.2. The van der Waals surface area contributed by atoms with Crippen LogP contribution in [-0.2, 0) is 9.84 Å². The molecule has 1 atom stereocenters. The Kier molecular flexibility index (Phi) is 2.95. The lowest BCUT2D eigenvalue weighted by molar-refractivity contribution is 0.224. The Hall–Kier alpha value is 0.430. The fourth-order valence-corrected chi connectivity index (χ4v) is 5.97. The minimum absolute atomic E-state index is 0.309. The van der Waals surface area contributed by atoms with Gasteiger partial charge in [-0.05, 0) is 30.6 Å². The summed E-state index contributed by atoms with van der Waals surface area (Å²) in [6.07, 6.45) is 5.90. The van der Waals surface area contributed by atoms with Crippen LogP contribution in [0.5, 0.6) is 0 Å². The van der Waals surface area contributed by atoms with Crippen molar-refractivity contribution in [1.82, 2.24) is 0 Å². The Balaban J connectivity index is 2.14. The molecule has 1 heterocycles. The monoisotopic (exact) mass is 280 g/mol. The van der Waals surface area contributed by atoms with E-state index in [2.05, 4.69) is 15.9 Å². The SMILES string of the molecule is O=S1(=O)CCC(C2(CBr)CCCC2)C1. The summed E-state index contributed by atoms with van der Waals surface area (Å²) < 4.78 is 22.9. The molecule has 4 heteroatoms. The van der Waals surface area contributed by atoms with Crippen LogP contribution in [0.15, 0.2) is 0 Å². The average molecular weight is 281 g/mol. The Morgan fingerprint density at radius 3 is 2.36 bits per heavy atom. The lowest BCUT2D eigenvalue weighted by Crippen LogP contribution is -2.30. The van der Waals surface area contributed by atoms with Crippen LogP contribution in [0, 0.1) is 11.3 Å². The van der Waals surface area contributed by atoms with E-state index in [4.69, 9.17) is 0 Å². The molecule has 2 rings (SSSR count). The van der Waals surface area contributed by atoms with Crippen LogP contribution in [0.25, 0.3) is 0 Å². The molecule has 82 valence electrons. The van der Waals surface area contributed by atoms with Gasteiger partial charge in [-0.15, -0.1) is 0 Å². The van der Waals surface area contributed by atoms with Crippen LogP contribution in [-0.4, -0.2) is 25.3 Å². The van der Waals surface area contributed by atoms with Crippen LogP contribution in [0.4, 0.5) is 0 Å². The molecule has 0 aromatic carbocycles. The van der Waals surface area contributed by atoms with Crippen molar-refractivity contribution < 1.29 is 8.42 Å². The number of sulfone groups is 1. The molecule has 2 aliphatic rings. The molecule has 1 saturated heterocycles. The third-order valence-electron chi connectivity index (χ3n) is 3.96. The van der Waals surface area contributed by atoms with Crippen LogP contribution in [0.3, 0.4) is 0 Å². The Morgan fingerprint density at radius 2 is 1.93 bits per heavy atom. The molecule has 1 saturated carbocycles. The van der Waals surface area contributed by atoms with Crippen molar-refractivity contribution in [3.8, 4) is 0 Å². The second-order valence-electron chi connectivity index (χ2n) is 4.80. The van der Waals surface area contributed by atoms with Crippen LogP contribution in [0.2, 0.25) is 0 Å². The summed E-state index contributed by atoms with van der Waals surface area (Å²) in [6.45, 7) is 0. The molecule has 0 N–H and O–H groups in total. The molecule has 0 amide bonds. The first kappa shape index (κ1) is 10.9. The topological polar surface area (TPSA) is 34.1 Å². The summed E-state index contributed by atoms with van der Waals surface area (Å²) in [6, 6.07) is 0. The number of alkyl halides is 1. The zero-order valence-electron chi connectivity index (χ0n) is 8.34. The molecule has 14 heavy (non-hydrogen) atoms. The van der Waals surface area contributed by atoms with E-state index < -0.39 is 9.84 Å². The van der Waals surface area contributed by atoms with Crippen molar-refractivity contribution in [2.45, 2.75) is 32.1 Å². The summed E-state index contributed by atoms with van der Waals surface area (Å²) >= 11 is 3.59. The number of rotatable bonds is 2. The van der Waals surface area contributed by atoms with Gasteiger partial charge in [0.2, 0.25) is 0 Å². The van der Waals surface area contributed by atoms with Crippen LogP contribution in [0.1, 0.15) is 32.1 Å². The summed E-state index contributed by atoms with van der Waals surface area (Å²) in [5, 5.41) is 0.986. The highest BCUT2D eigenvalue weighted by atomic mass is 79.9. The van der Waals surface area contributed by atoms with Gasteiger partial charge in [0.25, 0.3) is 0 Å². The van der Waals surface area contributed by atoms with Gasteiger partial charge in [0.1, 0.15) is 0 Å². The fourth-order valence-electron chi connectivity index (χ4n) is 3.01. The van der Waals surface area contributed by atoms with Gasteiger partial charge in [-0.2, -0.15) is 0 Å². The van der Waals surface area contributed by atoms with Crippen molar-refractivity contribution in [3.63, 3.8) is 0 Å². The Labute approximate surface area is 94.5 Å². The van der Waals surface area contributed by atoms with E-state index in [9.17, 15) is 8.42 Å². The van der Waals surface area contributed by atoms with Gasteiger partial charge in [0.15, 0.2) is 9.84 Å². The number of hydrogen-bond donors (Lipinski definition) is 0. The Morgan fingerprint density at radius 1 is 1.29 bits per heavy atom. The van der Waals surface area contributed by atoms with E-state index in [1.165, 1.54) is 25.7 Å². The largest absolute Gasteiger partial charge is 0.229 e. The minimum atomic E-state index is -2.70. The number of halogens is 1. The van der Waals surface area contributed by atoms with E-state index in [0.717, 1.165) is 11.8 Å². The van der Waals surface area contributed by atoms with Crippen molar-refractivity contribution in [2.75, 3.05) is 16.8 Å². The molecule has 1 aliphatic heterocycles. The van der Waals surface area contributed by atoms with Gasteiger partial charge in [-0.25, -0.2) is 8.42 Å². The predicted molar refractivity (Wildman–Crippen MR) is 61.5 cm³/mol. The maximum atomic E-state index is 11.4. The molecule has 2 fully saturated rings. The van der Waals surface area contributed by atoms with Crippen molar-refractivity contribution in [2.24, 2.45) is 11.3 Å². The van der Waals surface area contributed by atoms with Gasteiger partial charge in [0, 0.05) is 5.33 Å². The first-order chi connectivity index (χ1) is 6.58. The maximum Gasteiger partial charge on any atom is 0.150 e. The summed E-state index contributed by atoms with van der Waals surface area (Å²) in [5.41, 5.74) is 0.309. The molecular weight excluding hydrogens is 264 g/mol. The molecule has 1 aliphatic carbocycles. The van der Waals surface area contributed by atoms with Crippen molar-refractivity contribution in [1.29, 1.82) is 0 Å². The predicted octanol–water partition coefficient (Wildman–Crippen LogP) is 2.38. The van der Waals surface area contributed by atoms with E-state index in [1.54, 1.807) is 0 Å². The standard InChI is InChI=1S/C10H17BrO2S/c11-8-10(4-1-2-5-10)9-3-6-14(12,13)7-9/h9H,1-8H2. The van der Waals surface area contributed by atoms with E-state index in [1.807, 2.05) is 0 Å². The van der Waals surface area contributed by atoms with Crippen LogP contribution < -0.4 is 0 Å². The van der Waals surface area contributed by atoms with E-state index >= 15 is 0 Å². The second kappa shape index (κ2) is 3.78. The molecule has 0 bridgehead atoms. The van der Waals surface area contributed by atoms with Gasteiger partial charge < -0.3 is 0 Å². The molecular formula is C10H17BrO2S. The summed E-state index contributed by atoms with van der Waals surface area (Å²) in [4.78, 5) is 0. The lowest BCUT2D eigenvalue weighted by Gasteiger charge is -2.32. The van der Waals surface area contributed by atoms with Gasteiger partial charge in [-0.1, -0.05) is 28.8 Å². The highest BCUT2D eigenvalue weighted by Gasteiger charge is 2.45. The molecule has 0 aromatic rings.